The maximum atomic E-state index is 11.6. The first-order chi connectivity index (χ1) is 10.6. The van der Waals surface area contributed by atoms with Gasteiger partial charge < -0.3 is 10.6 Å². The van der Waals surface area contributed by atoms with Crippen molar-refractivity contribution in [2.45, 2.75) is 44.3 Å². The summed E-state index contributed by atoms with van der Waals surface area (Å²) in [5.74, 6) is 0.791. The summed E-state index contributed by atoms with van der Waals surface area (Å²) in [5, 5.41) is 6.15. The molecule has 1 aliphatic rings. The summed E-state index contributed by atoms with van der Waals surface area (Å²) in [6, 6.07) is 0. The minimum atomic E-state index is -0.323. The monoisotopic (exact) mass is 344 g/mol. The summed E-state index contributed by atoms with van der Waals surface area (Å²) < 4.78 is 0. The SMILES string of the molecule is CC(=O)/C=C/C(=O)NCCNC(=O)CCCC[C@@H]1CCSS1. The molecule has 0 saturated carbocycles. The molecule has 0 spiro atoms. The van der Waals surface area contributed by atoms with E-state index < -0.39 is 0 Å². The van der Waals surface area contributed by atoms with Gasteiger partial charge in [-0.1, -0.05) is 28.0 Å². The number of amides is 2. The van der Waals surface area contributed by atoms with E-state index in [4.69, 9.17) is 0 Å². The largest absolute Gasteiger partial charge is 0.354 e. The fraction of sp³-hybridized carbons (Fsp3) is 0.667. The predicted molar refractivity (Wildman–Crippen MR) is 92.8 cm³/mol. The van der Waals surface area contributed by atoms with Gasteiger partial charge in [-0.15, -0.1) is 0 Å². The van der Waals surface area contributed by atoms with Crippen molar-refractivity contribution in [3.05, 3.63) is 12.2 Å². The van der Waals surface area contributed by atoms with E-state index >= 15 is 0 Å². The fourth-order valence-electron chi connectivity index (χ4n) is 1.95. The fourth-order valence-corrected chi connectivity index (χ4v) is 4.98. The van der Waals surface area contributed by atoms with Crippen molar-refractivity contribution in [3.8, 4) is 0 Å². The Labute approximate surface area is 139 Å². The second-order valence-electron chi connectivity index (χ2n) is 5.16. The molecule has 2 N–H and O–H groups in total. The predicted octanol–water partition coefficient (Wildman–Crippen LogP) is 2.08. The second-order valence-corrected chi connectivity index (χ2v) is 7.95. The Hall–Kier alpha value is -0.950. The smallest absolute Gasteiger partial charge is 0.244 e. The summed E-state index contributed by atoms with van der Waals surface area (Å²) in [7, 11) is 3.92. The summed E-state index contributed by atoms with van der Waals surface area (Å²) in [6.07, 6.45) is 7.46. The number of unbranched alkanes of at least 4 members (excludes halogenated alkanes) is 1. The van der Waals surface area contributed by atoms with Gasteiger partial charge in [0.2, 0.25) is 11.8 Å². The Morgan fingerprint density at radius 2 is 1.91 bits per heavy atom. The van der Waals surface area contributed by atoms with E-state index in [9.17, 15) is 14.4 Å². The van der Waals surface area contributed by atoms with Crippen LogP contribution in [-0.2, 0) is 14.4 Å². The van der Waals surface area contributed by atoms with Crippen LogP contribution in [0.1, 0.15) is 39.0 Å². The van der Waals surface area contributed by atoms with Gasteiger partial charge in [0, 0.05) is 36.6 Å². The minimum absolute atomic E-state index is 0.0296. The van der Waals surface area contributed by atoms with Crippen LogP contribution in [0.25, 0.3) is 0 Å². The van der Waals surface area contributed by atoms with Crippen LogP contribution < -0.4 is 10.6 Å². The molecular weight excluding hydrogens is 320 g/mol. The van der Waals surface area contributed by atoms with Crippen molar-refractivity contribution in [3.63, 3.8) is 0 Å². The third kappa shape index (κ3) is 9.89. The zero-order valence-corrected chi connectivity index (χ0v) is 14.6. The highest BCUT2D eigenvalue weighted by Crippen LogP contribution is 2.39. The Morgan fingerprint density at radius 3 is 2.59 bits per heavy atom. The zero-order valence-electron chi connectivity index (χ0n) is 12.9. The average molecular weight is 345 g/mol. The molecule has 22 heavy (non-hydrogen) atoms. The molecule has 1 aliphatic heterocycles. The molecule has 1 rings (SSSR count). The molecule has 0 aromatic carbocycles. The molecule has 1 heterocycles. The molecule has 5 nitrogen and oxygen atoms in total. The lowest BCUT2D eigenvalue weighted by Crippen LogP contribution is -2.33. The molecular formula is C15H24N2O3S2. The van der Waals surface area contributed by atoms with Gasteiger partial charge in [-0.2, -0.15) is 0 Å². The number of hydrogen-bond acceptors (Lipinski definition) is 5. The second kappa shape index (κ2) is 11.6. The van der Waals surface area contributed by atoms with Gasteiger partial charge in [-0.05, 0) is 32.3 Å². The normalized spacial score (nSPS) is 17.6. The maximum Gasteiger partial charge on any atom is 0.244 e. The first-order valence-corrected chi connectivity index (χ1v) is 9.97. The molecule has 0 aliphatic carbocycles. The van der Waals surface area contributed by atoms with Crippen LogP contribution in [0.15, 0.2) is 12.2 Å². The van der Waals surface area contributed by atoms with Crippen molar-refractivity contribution >= 4 is 39.2 Å². The van der Waals surface area contributed by atoms with E-state index in [1.54, 1.807) is 0 Å². The highest BCUT2D eigenvalue weighted by atomic mass is 33.1. The van der Waals surface area contributed by atoms with Crippen molar-refractivity contribution in [1.82, 2.24) is 10.6 Å². The number of allylic oxidation sites excluding steroid dienone is 1. The molecule has 0 bridgehead atoms. The van der Waals surface area contributed by atoms with Crippen LogP contribution in [0.4, 0.5) is 0 Å². The first kappa shape index (κ1) is 19.1. The van der Waals surface area contributed by atoms with Crippen molar-refractivity contribution in [1.29, 1.82) is 0 Å². The number of carbonyl (C=O) groups excluding carboxylic acids is 3. The van der Waals surface area contributed by atoms with Crippen LogP contribution in [0.3, 0.4) is 0 Å². The summed E-state index contributed by atoms with van der Waals surface area (Å²) in [6.45, 7) is 2.16. The van der Waals surface area contributed by atoms with Crippen LogP contribution in [0.2, 0.25) is 0 Å². The quantitative estimate of drug-likeness (QED) is 0.360. The molecule has 124 valence electrons. The van der Waals surface area contributed by atoms with Crippen LogP contribution >= 0.6 is 21.6 Å². The van der Waals surface area contributed by atoms with Gasteiger partial charge in [-0.3, -0.25) is 14.4 Å². The lowest BCUT2D eigenvalue weighted by molar-refractivity contribution is -0.121. The molecule has 7 heteroatoms. The number of hydrogen-bond donors (Lipinski definition) is 2. The third-order valence-electron chi connectivity index (χ3n) is 3.12. The van der Waals surface area contributed by atoms with E-state index in [1.165, 1.54) is 37.7 Å². The van der Waals surface area contributed by atoms with Crippen molar-refractivity contribution < 1.29 is 14.4 Å². The summed E-state index contributed by atoms with van der Waals surface area (Å²) in [5.41, 5.74) is 0. The van der Waals surface area contributed by atoms with Gasteiger partial charge in [-0.25, -0.2) is 0 Å². The molecule has 2 amide bonds. The number of ketones is 1. The molecule has 0 radical (unpaired) electrons. The molecule has 1 saturated heterocycles. The summed E-state index contributed by atoms with van der Waals surface area (Å²) >= 11 is 0. The third-order valence-corrected chi connectivity index (χ3v) is 6.13. The molecule has 1 fully saturated rings. The molecule has 0 aromatic heterocycles. The van der Waals surface area contributed by atoms with Gasteiger partial charge >= 0.3 is 0 Å². The highest BCUT2D eigenvalue weighted by Gasteiger charge is 2.15. The number of rotatable bonds is 10. The lowest BCUT2D eigenvalue weighted by Gasteiger charge is -2.07. The van der Waals surface area contributed by atoms with Gasteiger partial charge in [0.15, 0.2) is 5.78 Å². The lowest BCUT2D eigenvalue weighted by atomic mass is 10.1. The van der Waals surface area contributed by atoms with E-state index in [0.717, 1.165) is 18.1 Å². The molecule has 1 atom stereocenters. The number of carbonyl (C=O) groups is 3. The van der Waals surface area contributed by atoms with E-state index in [-0.39, 0.29) is 17.6 Å². The van der Waals surface area contributed by atoms with Crippen molar-refractivity contribution in [2.75, 3.05) is 18.8 Å². The number of nitrogens with one attached hydrogen (secondary N) is 2. The zero-order chi connectivity index (χ0) is 16.2. The van der Waals surface area contributed by atoms with E-state index in [2.05, 4.69) is 10.6 Å². The van der Waals surface area contributed by atoms with Crippen molar-refractivity contribution in [2.24, 2.45) is 0 Å². The van der Waals surface area contributed by atoms with Crippen LogP contribution in [-0.4, -0.2) is 41.7 Å². The Morgan fingerprint density at radius 1 is 1.14 bits per heavy atom. The Kier molecular flexibility index (Phi) is 10.1. The van der Waals surface area contributed by atoms with Gasteiger partial charge in [0.1, 0.15) is 0 Å². The minimum Gasteiger partial charge on any atom is -0.354 e. The van der Waals surface area contributed by atoms with Gasteiger partial charge in [0.05, 0.1) is 0 Å². The standard InChI is InChI=1S/C15H24N2O3S2/c1-12(18)6-7-15(20)17-10-9-16-14(19)5-3-2-4-13-8-11-21-22-13/h6-7,13H,2-5,8-11H2,1H3,(H,16,19)(H,17,20)/b7-6+/t13-/m1/s1. The topological polar surface area (TPSA) is 75.3 Å². The Bertz CT molecular complexity index is 408. The van der Waals surface area contributed by atoms with E-state index in [0.29, 0.717) is 19.5 Å². The first-order valence-electron chi connectivity index (χ1n) is 7.59. The Balaban J connectivity index is 1.94. The summed E-state index contributed by atoms with van der Waals surface area (Å²) in [4.78, 5) is 33.5. The van der Waals surface area contributed by atoms with Crippen LogP contribution in [0, 0.1) is 0 Å². The van der Waals surface area contributed by atoms with E-state index in [1.807, 2.05) is 21.6 Å². The highest BCUT2D eigenvalue weighted by molar-refractivity contribution is 8.77. The van der Waals surface area contributed by atoms with Gasteiger partial charge in [0.25, 0.3) is 0 Å². The molecule has 0 unspecified atom stereocenters. The van der Waals surface area contributed by atoms with Crippen LogP contribution in [0.5, 0.6) is 0 Å². The molecule has 0 aromatic rings. The maximum absolute atomic E-state index is 11.6. The average Bonchev–Trinajstić information content (AvgIpc) is 2.99.